The van der Waals surface area contributed by atoms with Gasteiger partial charge in [-0.1, -0.05) is 0 Å². The second-order valence-corrected chi connectivity index (χ2v) is 5.90. The molecule has 1 aliphatic heterocycles. The molecule has 0 aromatic heterocycles. The molecule has 0 saturated carbocycles. The van der Waals surface area contributed by atoms with E-state index < -0.39 is 6.61 Å². The van der Waals surface area contributed by atoms with E-state index in [9.17, 15) is 8.78 Å². The lowest BCUT2D eigenvalue weighted by molar-refractivity contribution is -0.0504. The molecule has 0 radical (unpaired) electrons. The second kappa shape index (κ2) is 10.8. The topological polar surface area (TPSA) is 64.1 Å². The largest absolute Gasteiger partial charge is 0.497 e. The average Bonchev–Trinajstić information content (AvgIpc) is 3.13. The van der Waals surface area contributed by atoms with Crippen LogP contribution in [0.2, 0.25) is 0 Å². The van der Waals surface area contributed by atoms with E-state index in [0.717, 1.165) is 32.4 Å². The van der Waals surface area contributed by atoms with Crippen molar-refractivity contribution < 1.29 is 23.0 Å². The minimum Gasteiger partial charge on any atom is -0.497 e. The SMILES string of the molecule is CCNC(=NCc1cc(OC)ccc1OC(F)F)NCCC1CCCO1. The molecule has 146 valence electrons. The molecule has 1 unspecified atom stereocenters. The van der Waals surface area contributed by atoms with Gasteiger partial charge >= 0.3 is 6.61 Å². The van der Waals surface area contributed by atoms with E-state index in [-0.39, 0.29) is 12.3 Å². The molecule has 2 rings (SSSR count). The van der Waals surface area contributed by atoms with Gasteiger partial charge in [-0.05, 0) is 44.4 Å². The zero-order chi connectivity index (χ0) is 18.8. The fourth-order valence-corrected chi connectivity index (χ4v) is 2.75. The first-order valence-electron chi connectivity index (χ1n) is 8.88. The lowest BCUT2D eigenvalue weighted by atomic mass is 10.2. The molecule has 1 aromatic rings. The lowest BCUT2D eigenvalue weighted by Crippen LogP contribution is -2.38. The third kappa shape index (κ3) is 6.67. The molecule has 0 spiro atoms. The molecule has 1 aliphatic rings. The number of nitrogens with zero attached hydrogens (tertiary/aromatic N) is 1. The van der Waals surface area contributed by atoms with Crippen LogP contribution in [0, 0.1) is 0 Å². The summed E-state index contributed by atoms with van der Waals surface area (Å²) in [6.45, 7) is 1.53. The van der Waals surface area contributed by atoms with Gasteiger partial charge in [-0.2, -0.15) is 8.78 Å². The van der Waals surface area contributed by atoms with Gasteiger partial charge in [0, 0.05) is 25.3 Å². The summed E-state index contributed by atoms with van der Waals surface area (Å²) < 4.78 is 40.5. The highest BCUT2D eigenvalue weighted by Crippen LogP contribution is 2.26. The Balaban J connectivity index is 1.99. The maximum atomic E-state index is 12.6. The number of aliphatic imine (C=N–C) groups is 1. The van der Waals surface area contributed by atoms with Crippen molar-refractivity contribution in [1.29, 1.82) is 0 Å². The summed E-state index contributed by atoms with van der Waals surface area (Å²) in [5.41, 5.74) is 0.529. The number of hydrogen-bond donors (Lipinski definition) is 2. The number of rotatable bonds is 9. The highest BCUT2D eigenvalue weighted by molar-refractivity contribution is 5.79. The van der Waals surface area contributed by atoms with Crippen molar-refractivity contribution in [3.8, 4) is 11.5 Å². The molecule has 2 N–H and O–H groups in total. The van der Waals surface area contributed by atoms with Crippen LogP contribution in [0.25, 0.3) is 0 Å². The number of alkyl halides is 2. The maximum Gasteiger partial charge on any atom is 0.387 e. The Morgan fingerprint density at radius 3 is 2.88 bits per heavy atom. The van der Waals surface area contributed by atoms with Crippen LogP contribution >= 0.6 is 0 Å². The molecule has 26 heavy (non-hydrogen) atoms. The van der Waals surface area contributed by atoms with Crippen LogP contribution in [0.4, 0.5) is 8.78 Å². The first kappa shape index (κ1) is 20.2. The fourth-order valence-electron chi connectivity index (χ4n) is 2.75. The van der Waals surface area contributed by atoms with Crippen molar-refractivity contribution in [3.63, 3.8) is 0 Å². The smallest absolute Gasteiger partial charge is 0.387 e. The number of benzene rings is 1. The Bertz CT molecular complexity index is 579. The summed E-state index contributed by atoms with van der Waals surface area (Å²) in [6.07, 6.45) is 3.41. The minimum absolute atomic E-state index is 0.0970. The number of halogens is 2. The molecule has 1 aromatic carbocycles. The number of hydrogen-bond acceptors (Lipinski definition) is 4. The van der Waals surface area contributed by atoms with E-state index in [2.05, 4.69) is 20.4 Å². The van der Waals surface area contributed by atoms with Gasteiger partial charge in [0.1, 0.15) is 11.5 Å². The zero-order valence-electron chi connectivity index (χ0n) is 15.3. The molecule has 0 amide bonds. The van der Waals surface area contributed by atoms with Crippen molar-refractivity contribution in [2.75, 3.05) is 26.8 Å². The van der Waals surface area contributed by atoms with Crippen molar-refractivity contribution in [2.24, 2.45) is 4.99 Å². The predicted molar refractivity (Wildman–Crippen MR) is 96.0 cm³/mol. The van der Waals surface area contributed by atoms with Crippen molar-refractivity contribution in [2.45, 2.75) is 45.4 Å². The highest BCUT2D eigenvalue weighted by atomic mass is 19.3. The Kier molecular flexibility index (Phi) is 8.40. The monoisotopic (exact) mass is 371 g/mol. The molecular weight excluding hydrogens is 344 g/mol. The number of nitrogens with one attached hydrogen (secondary N) is 2. The quantitative estimate of drug-likeness (QED) is 0.516. The van der Waals surface area contributed by atoms with Gasteiger partial charge in [0.15, 0.2) is 5.96 Å². The zero-order valence-corrected chi connectivity index (χ0v) is 15.3. The number of methoxy groups -OCH3 is 1. The predicted octanol–water partition coefficient (Wildman–Crippen LogP) is 2.92. The summed E-state index contributed by atoms with van der Waals surface area (Å²) >= 11 is 0. The third-order valence-electron chi connectivity index (χ3n) is 4.02. The first-order valence-corrected chi connectivity index (χ1v) is 8.88. The molecule has 1 fully saturated rings. The maximum absolute atomic E-state index is 12.6. The van der Waals surface area contributed by atoms with Gasteiger partial charge in [-0.3, -0.25) is 0 Å². The minimum atomic E-state index is -2.89. The summed E-state index contributed by atoms with van der Waals surface area (Å²) in [4.78, 5) is 4.46. The van der Waals surface area contributed by atoms with Gasteiger partial charge in [-0.15, -0.1) is 0 Å². The molecule has 6 nitrogen and oxygen atoms in total. The molecule has 0 aliphatic carbocycles. The first-order chi connectivity index (χ1) is 12.6. The standard InChI is InChI=1S/C18H27F2N3O3/c1-3-21-18(22-9-8-14-5-4-10-25-14)23-12-13-11-15(24-2)6-7-16(13)26-17(19)20/h6-7,11,14,17H,3-5,8-10,12H2,1-2H3,(H2,21,22,23). The van der Waals surface area contributed by atoms with E-state index in [0.29, 0.717) is 29.9 Å². The van der Waals surface area contributed by atoms with Crippen molar-refractivity contribution in [3.05, 3.63) is 23.8 Å². The van der Waals surface area contributed by atoms with E-state index in [1.807, 2.05) is 6.92 Å². The van der Waals surface area contributed by atoms with Gasteiger partial charge in [0.05, 0.1) is 19.8 Å². The Hall–Kier alpha value is -2.09. The Morgan fingerprint density at radius 2 is 2.23 bits per heavy atom. The third-order valence-corrected chi connectivity index (χ3v) is 4.02. The van der Waals surface area contributed by atoms with Gasteiger partial charge in [0.2, 0.25) is 0 Å². The van der Waals surface area contributed by atoms with Crippen LogP contribution < -0.4 is 20.1 Å². The molecule has 0 bridgehead atoms. The van der Waals surface area contributed by atoms with Crippen LogP contribution in [0.3, 0.4) is 0 Å². The van der Waals surface area contributed by atoms with Crippen LogP contribution in [0.1, 0.15) is 31.7 Å². The van der Waals surface area contributed by atoms with Crippen LogP contribution in [-0.4, -0.2) is 45.5 Å². The van der Waals surface area contributed by atoms with Gasteiger partial charge in [0.25, 0.3) is 0 Å². The van der Waals surface area contributed by atoms with E-state index in [4.69, 9.17) is 9.47 Å². The van der Waals surface area contributed by atoms with Crippen LogP contribution in [0.5, 0.6) is 11.5 Å². The molecule has 1 atom stereocenters. The average molecular weight is 371 g/mol. The summed E-state index contributed by atoms with van der Waals surface area (Å²) in [7, 11) is 1.52. The molecule has 1 heterocycles. The molecular formula is C18H27F2N3O3. The summed E-state index contributed by atoms with van der Waals surface area (Å²) in [5, 5.41) is 6.39. The summed E-state index contributed by atoms with van der Waals surface area (Å²) in [6, 6.07) is 4.70. The van der Waals surface area contributed by atoms with Crippen LogP contribution in [0.15, 0.2) is 23.2 Å². The Morgan fingerprint density at radius 1 is 1.38 bits per heavy atom. The van der Waals surface area contributed by atoms with Crippen molar-refractivity contribution >= 4 is 5.96 Å². The molecule has 8 heteroatoms. The van der Waals surface area contributed by atoms with Crippen LogP contribution in [-0.2, 0) is 11.3 Å². The van der Waals surface area contributed by atoms with Gasteiger partial charge in [-0.25, -0.2) is 4.99 Å². The van der Waals surface area contributed by atoms with E-state index >= 15 is 0 Å². The number of guanidine groups is 1. The lowest BCUT2D eigenvalue weighted by Gasteiger charge is -2.15. The molecule has 1 saturated heterocycles. The highest BCUT2D eigenvalue weighted by Gasteiger charge is 2.15. The number of ether oxygens (including phenoxy) is 3. The second-order valence-electron chi connectivity index (χ2n) is 5.90. The van der Waals surface area contributed by atoms with Gasteiger partial charge < -0.3 is 24.8 Å². The van der Waals surface area contributed by atoms with E-state index in [1.165, 1.54) is 13.2 Å². The Labute approximate surface area is 152 Å². The van der Waals surface area contributed by atoms with E-state index in [1.54, 1.807) is 12.1 Å². The normalized spacial score (nSPS) is 17.4. The fraction of sp³-hybridized carbons (Fsp3) is 0.611. The van der Waals surface area contributed by atoms with Crippen molar-refractivity contribution in [1.82, 2.24) is 10.6 Å². The summed E-state index contributed by atoms with van der Waals surface area (Å²) in [5.74, 6) is 1.28.